The minimum absolute atomic E-state index is 0.152. The average molecular weight is 275 g/mol. The number of aromatic nitrogens is 1. The van der Waals surface area contributed by atoms with Gasteiger partial charge in [-0.05, 0) is 28.9 Å². The molecule has 0 aliphatic heterocycles. The van der Waals surface area contributed by atoms with Gasteiger partial charge >= 0.3 is 0 Å². The smallest absolute Gasteiger partial charge is 0.281 e. The highest BCUT2D eigenvalue weighted by Crippen LogP contribution is 2.27. The van der Waals surface area contributed by atoms with Crippen molar-refractivity contribution in [3.8, 4) is 5.75 Å². The van der Waals surface area contributed by atoms with Gasteiger partial charge in [0.15, 0.2) is 5.75 Å². The molecule has 15 heavy (non-hydrogen) atoms. The zero-order valence-electron chi connectivity index (χ0n) is 8.61. The van der Waals surface area contributed by atoms with Crippen molar-refractivity contribution in [1.82, 2.24) is 10.0 Å². The van der Waals surface area contributed by atoms with Gasteiger partial charge in [-0.1, -0.05) is 0 Å². The molecular weight excluding hydrogens is 264 g/mol. The summed E-state index contributed by atoms with van der Waals surface area (Å²) in [5.41, 5.74) is 0.784. The minimum Gasteiger partial charge on any atom is -0.504 e. The summed E-state index contributed by atoms with van der Waals surface area (Å²) in [4.78, 5) is 20.4. The third kappa shape index (κ3) is 2.45. The summed E-state index contributed by atoms with van der Waals surface area (Å²) in [7, 11) is 2.84. The van der Waals surface area contributed by atoms with Crippen molar-refractivity contribution < 1.29 is 14.7 Å². The predicted octanol–water partition coefficient (Wildman–Crippen LogP) is 1.49. The Balaban J connectivity index is 3.19. The first-order valence-electron chi connectivity index (χ1n) is 4.15. The highest BCUT2D eigenvalue weighted by atomic mass is 79.9. The van der Waals surface area contributed by atoms with Crippen molar-refractivity contribution in [1.29, 1.82) is 0 Å². The molecule has 0 bridgehead atoms. The lowest BCUT2D eigenvalue weighted by molar-refractivity contribution is -0.0758. The van der Waals surface area contributed by atoms with Crippen molar-refractivity contribution in [3.63, 3.8) is 0 Å². The van der Waals surface area contributed by atoms with E-state index in [1.165, 1.54) is 20.2 Å². The van der Waals surface area contributed by atoms with Crippen LogP contribution in [-0.2, 0) is 4.84 Å². The third-order valence-electron chi connectivity index (χ3n) is 1.87. The maximum atomic E-state index is 11.7. The number of rotatable bonds is 2. The van der Waals surface area contributed by atoms with Gasteiger partial charge in [-0.15, -0.1) is 0 Å². The second-order valence-corrected chi connectivity index (χ2v) is 3.69. The van der Waals surface area contributed by atoms with Gasteiger partial charge in [0.25, 0.3) is 5.91 Å². The maximum Gasteiger partial charge on any atom is 0.281 e. The second-order valence-electron chi connectivity index (χ2n) is 2.94. The summed E-state index contributed by atoms with van der Waals surface area (Å²) in [5, 5.41) is 10.7. The number of hydrogen-bond acceptors (Lipinski definition) is 4. The molecule has 82 valence electrons. The largest absolute Gasteiger partial charge is 0.504 e. The van der Waals surface area contributed by atoms with Gasteiger partial charge in [-0.2, -0.15) is 0 Å². The minimum atomic E-state index is -0.429. The normalized spacial score (nSPS) is 10.1. The molecular formula is C9H11BrN2O3. The Morgan fingerprint density at radius 1 is 1.67 bits per heavy atom. The van der Waals surface area contributed by atoms with Crippen molar-refractivity contribution >= 4 is 21.8 Å². The molecule has 0 fully saturated rings. The van der Waals surface area contributed by atoms with Crippen LogP contribution in [0.25, 0.3) is 0 Å². The Morgan fingerprint density at radius 3 is 2.80 bits per heavy atom. The van der Waals surface area contributed by atoms with Crippen LogP contribution >= 0.6 is 15.9 Å². The summed E-state index contributed by atoms with van der Waals surface area (Å²) in [6.45, 7) is 1.73. The zero-order chi connectivity index (χ0) is 11.6. The van der Waals surface area contributed by atoms with E-state index in [4.69, 9.17) is 4.84 Å². The number of pyridine rings is 1. The number of aromatic hydroxyl groups is 1. The Bertz CT molecular complexity index is 395. The van der Waals surface area contributed by atoms with Crippen LogP contribution < -0.4 is 0 Å². The zero-order valence-corrected chi connectivity index (χ0v) is 10.2. The van der Waals surface area contributed by atoms with Crippen molar-refractivity contribution in [2.24, 2.45) is 0 Å². The number of halogens is 1. The van der Waals surface area contributed by atoms with Crippen LogP contribution in [0.5, 0.6) is 5.75 Å². The number of carbonyl (C=O) groups excluding carboxylic acids is 1. The van der Waals surface area contributed by atoms with Crippen LogP contribution in [0.15, 0.2) is 10.7 Å². The van der Waals surface area contributed by atoms with E-state index in [0.717, 1.165) is 5.06 Å². The first-order valence-corrected chi connectivity index (χ1v) is 4.95. The summed E-state index contributed by atoms with van der Waals surface area (Å²) < 4.78 is 0.246. The molecule has 0 aliphatic rings. The van der Waals surface area contributed by atoms with E-state index in [2.05, 4.69) is 20.9 Å². The van der Waals surface area contributed by atoms with E-state index in [1.807, 2.05) is 0 Å². The lowest BCUT2D eigenvalue weighted by Crippen LogP contribution is -2.25. The lowest BCUT2D eigenvalue weighted by atomic mass is 10.2. The van der Waals surface area contributed by atoms with Gasteiger partial charge in [0.05, 0.1) is 12.7 Å². The van der Waals surface area contributed by atoms with E-state index in [-0.39, 0.29) is 15.9 Å². The summed E-state index contributed by atoms with van der Waals surface area (Å²) in [6.07, 6.45) is 0. The molecule has 0 aromatic carbocycles. The molecule has 0 saturated heterocycles. The molecule has 6 heteroatoms. The average Bonchev–Trinajstić information content (AvgIpc) is 2.21. The van der Waals surface area contributed by atoms with Crippen molar-refractivity contribution in [2.75, 3.05) is 14.2 Å². The maximum absolute atomic E-state index is 11.7. The van der Waals surface area contributed by atoms with E-state index in [0.29, 0.717) is 5.69 Å². The van der Waals surface area contributed by atoms with Gasteiger partial charge < -0.3 is 5.11 Å². The van der Waals surface area contributed by atoms with Gasteiger partial charge in [-0.25, -0.2) is 10.0 Å². The van der Waals surface area contributed by atoms with Crippen molar-refractivity contribution in [3.05, 3.63) is 21.9 Å². The molecule has 0 saturated carbocycles. The lowest BCUT2D eigenvalue weighted by Gasteiger charge is -2.14. The summed E-state index contributed by atoms with van der Waals surface area (Å²) in [5.74, 6) is -0.615. The first kappa shape index (κ1) is 11.9. The van der Waals surface area contributed by atoms with Crippen LogP contribution in [0.4, 0.5) is 0 Å². The molecule has 1 amide bonds. The van der Waals surface area contributed by atoms with E-state index >= 15 is 0 Å². The van der Waals surface area contributed by atoms with Crippen molar-refractivity contribution in [2.45, 2.75) is 6.92 Å². The van der Waals surface area contributed by atoms with Crippen LogP contribution in [0.2, 0.25) is 0 Å². The Hall–Kier alpha value is -1.14. The van der Waals surface area contributed by atoms with Gasteiger partial charge in [0, 0.05) is 12.7 Å². The number of hydrogen-bond donors (Lipinski definition) is 1. The first-order chi connectivity index (χ1) is 6.97. The second kappa shape index (κ2) is 4.59. The fraction of sp³-hybridized carbons (Fsp3) is 0.333. The standard InChI is InChI=1S/C9H11BrN2O3/c1-5-4-6(7(13)8(10)11-5)9(14)12(2)15-3/h4,13H,1-3H3. The summed E-state index contributed by atoms with van der Waals surface area (Å²) >= 11 is 3.06. The number of nitrogens with zero attached hydrogens (tertiary/aromatic N) is 2. The molecule has 1 aromatic rings. The number of hydroxylamine groups is 2. The SMILES string of the molecule is CON(C)C(=O)c1cc(C)nc(Br)c1O. The molecule has 0 radical (unpaired) electrons. The van der Waals surface area contributed by atoms with Crippen LogP contribution in [0, 0.1) is 6.92 Å². The molecule has 1 rings (SSSR count). The predicted molar refractivity (Wildman–Crippen MR) is 57.4 cm³/mol. The number of aryl methyl sites for hydroxylation is 1. The molecule has 1 N–H and O–H groups in total. The molecule has 1 aromatic heterocycles. The fourth-order valence-corrected chi connectivity index (χ4v) is 1.54. The molecule has 0 unspecified atom stereocenters. The highest BCUT2D eigenvalue weighted by molar-refractivity contribution is 9.10. The van der Waals surface area contributed by atoms with Gasteiger partial charge in [0.2, 0.25) is 0 Å². The topological polar surface area (TPSA) is 62.7 Å². The third-order valence-corrected chi connectivity index (χ3v) is 2.42. The summed E-state index contributed by atoms with van der Waals surface area (Å²) in [6, 6.07) is 1.50. The molecule has 0 atom stereocenters. The van der Waals surface area contributed by atoms with Gasteiger partial charge in [0.1, 0.15) is 4.60 Å². The number of amides is 1. The van der Waals surface area contributed by atoms with E-state index < -0.39 is 5.91 Å². The fourth-order valence-electron chi connectivity index (χ4n) is 1.04. The van der Waals surface area contributed by atoms with E-state index in [1.54, 1.807) is 6.92 Å². The molecule has 0 aliphatic carbocycles. The molecule has 1 heterocycles. The van der Waals surface area contributed by atoms with Crippen LogP contribution in [0.1, 0.15) is 16.1 Å². The van der Waals surface area contributed by atoms with Gasteiger partial charge in [-0.3, -0.25) is 9.63 Å². The Kier molecular flexibility index (Phi) is 3.65. The molecule has 5 nitrogen and oxygen atoms in total. The van der Waals surface area contributed by atoms with Crippen LogP contribution in [-0.4, -0.2) is 35.2 Å². The Morgan fingerprint density at radius 2 is 2.27 bits per heavy atom. The van der Waals surface area contributed by atoms with E-state index in [9.17, 15) is 9.90 Å². The quantitative estimate of drug-likeness (QED) is 0.656. The Labute approximate surface area is 95.8 Å². The monoisotopic (exact) mass is 274 g/mol. The number of carbonyl (C=O) groups is 1. The van der Waals surface area contributed by atoms with Crippen LogP contribution in [0.3, 0.4) is 0 Å². The molecule has 0 spiro atoms. The highest BCUT2D eigenvalue weighted by Gasteiger charge is 2.18.